The summed E-state index contributed by atoms with van der Waals surface area (Å²) in [4.78, 5) is 0. The summed E-state index contributed by atoms with van der Waals surface area (Å²) in [6.45, 7) is 4.31. The van der Waals surface area contributed by atoms with Crippen molar-refractivity contribution in [1.82, 2.24) is 0 Å². The van der Waals surface area contributed by atoms with Crippen LogP contribution in [-0.4, -0.2) is 9.30 Å². The van der Waals surface area contributed by atoms with Gasteiger partial charge in [-0.05, 0) is 47.4 Å². The van der Waals surface area contributed by atoms with Gasteiger partial charge in [-0.2, -0.15) is 0 Å². The average Bonchev–Trinajstić information content (AvgIpc) is 2.73. The average molecular weight is 409 g/mol. The van der Waals surface area contributed by atoms with E-state index >= 15 is 0 Å². The highest BCUT2D eigenvalue weighted by molar-refractivity contribution is 8.23. The van der Waals surface area contributed by atoms with E-state index in [1.807, 2.05) is 18.2 Å². The number of thiocarbonyl (C=S) groups is 1. The number of thioether (sulfide) groups is 1. The van der Waals surface area contributed by atoms with E-state index in [9.17, 15) is 5.11 Å². The summed E-state index contributed by atoms with van der Waals surface area (Å²) in [7, 11) is 0. The van der Waals surface area contributed by atoms with Crippen molar-refractivity contribution in [3.8, 4) is 0 Å². The first-order valence-electron chi connectivity index (χ1n) is 10.0. The summed E-state index contributed by atoms with van der Waals surface area (Å²) in [5.41, 5.74) is 6.00. The van der Waals surface area contributed by atoms with Crippen LogP contribution in [0.15, 0.2) is 77.6 Å². The lowest BCUT2D eigenvalue weighted by molar-refractivity contribution is 0.361. The molecule has 0 saturated heterocycles. The van der Waals surface area contributed by atoms with Crippen molar-refractivity contribution in [2.45, 2.75) is 51.2 Å². The van der Waals surface area contributed by atoms with Gasteiger partial charge in [-0.15, -0.1) is 11.8 Å². The Morgan fingerprint density at radius 3 is 2.39 bits per heavy atom. The molecule has 1 nitrogen and oxygen atoms in total. The van der Waals surface area contributed by atoms with Crippen molar-refractivity contribution in [2.75, 3.05) is 0 Å². The molecule has 0 heterocycles. The third-order valence-corrected chi connectivity index (χ3v) is 6.74. The Morgan fingerprint density at radius 2 is 1.75 bits per heavy atom. The maximum atomic E-state index is 10.9. The van der Waals surface area contributed by atoms with Gasteiger partial charge in [-0.25, -0.2) is 0 Å². The molecule has 0 fully saturated rings. The molecule has 0 aliphatic heterocycles. The van der Waals surface area contributed by atoms with Crippen molar-refractivity contribution >= 4 is 28.2 Å². The fraction of sp³-hybridized carbons (Fsp3) is 0.320. The van der Waals surface area contributed by atoms with Gasteiger partial charge in [0.2, 0.25) is 0 Å². The second kappa shape index (κ2) is 10.1. The number of aryl methyl sites for hydroxylation is 1. The second-order valence-electron chi connectivity index (χ2n) is 7.22. The van der Waals surface area contributed by atoms with Crippen LogP contribution in [0.1, 0.15) is 55.7 Å². The predicted molar refractivity (Wildman–Crippen MR) is 126 cm³/mol. The minimum Gasteiger partial charge on any atom is -0.512 e. The van der Waals surface area contributed by atoms with E-state index in [-0.39, 0.29) is 0 Å². The van der Waals surface area contributed by atoms with Crippen molar-refractivity contribution < 1.29 is 5.11 Å². The molecule has 1 aliphatic rings. The van der Waals surface area contributed by atoms with Crippen LogP contribution in [-0.2, 0) is 12.2 Å². The third kappa shape index (κ3) is 5.15. The number of aliphatic hydroxyl groups is 1. The summed E-state index contributed by atoms with van der Waals surface area (Å²) in [5, 5.41) is 10.9. The maximum absolute atomic E-state index is 10.9. The van der Waals surface area contributed by atoms with Crippen LogP contribution in [0.25, 0.3) is 0 Å². The van der Waals surface area contributed by atoms with Gasteiger partial charge in [0.05, 0.1) is 4.20 Å². The number of hydrogen-bond donors (Lipinski definition) is 1. The quantitative estimate of drug-likeness (QED) is 0.499. The van der Waals surface area contributed by atoms with E-state index < -0.39 is 0 Å². The zero-order valence-electron chi connectivity index (χ0n) is 16.7. The molecule has 2 aromatic rings. The Labute approximate surface area is 178 Å². The maximum Gasteiger partial charge on any atom is 0.102 e. The molecule has 0 spiro atoms. The first-order chi connectivity index (χ1) is 13.6. The summed E-state index contributed by atoms with van der Waals surface area (Å²) in [6.07, 6.45) is 5.82. The number of aliphatic hydroxyl groups excluding tert-OH is 1. The molecule has 0 saturated carbocycles. The molecule has 3 rings (SSSR count). The molecule has 1 N–H and O–H groups in total. The lowest BCUT2D eigenvalue weighted by atomic mass is 9.80. The molecular weight excluding hydrogens is 380 g/mol. The van der Waals surface area contributed by atoms with Gasteiger partial charge < -0.3 is 5.11 Å². The molecule has 146 valence electrons. The van der Waals surface area contributed by atoms with Gasteiger partial charge in [-0.3, -0.25) is 0 Å². The van der Waals surface area contributed by atoms with Crippen LogP contribution in [0, 0.1) is 0 Å². The monoisotopic (exact) mass is 408 g/mol. The van der Waals surface area contributed by atoms with Crippen LogP contribution >= 0.6 is 24.0 Å². The van der Waals surface area contributed by atoms with Crippen molar-refractivity contribution in [1.29, 1.82) is 0 Å². The van der Waals surface area contributed by atoms with E-state index in [4.69, 9.17) is 12.2 Å². The minimum atomic E-state index is 0.314. The van der Waals surface area contributed by atoms with Crippen LogP contribution in [0.2, 0.25) is 0 Å². The van der Waals surface area contributed by atoms with Gasteiger partial charge in [-0.1, -0.05) is 86.7 Å². The fourth-order valence-electron chi connectivity index (χ4n) is 3.70. The summed E-state index contributed by atoms with van der Waals surface area (Å²) >= 11 is 7.38. The van der Waals surface area contributed by atoms with Crippen LogP contribution in [0.4, 0.5) is 0 Å². The van der Waals surface area contributed by atoms with Crippen LogP contribution in [0.5, 0.6) is 0 Å². The van der Waals surface area contributed by atoms with Crippen LogP contribution < -0.4 is 0 Å². The SMILES string of the molecule is CC/C=C1\CC(c2ccc(CC)cc2)CC(O)=C1C(=S)SCc1ccccc1. The van der Waals surface area contributed by atoms with Crippen molar-refractivity contribution in [3.05, 3.63) is 94.3 Å². The molecule has 28 heavy (non-hydrogen) atoms. The molecule has 0 bridgehead atoms. The third-order valence-electron chi connectivity index (χ3n) is 5.24. The highest BCUT2D eigenvalue weighted by Gasteiger charge is 2.28. The van der Waals surface area contributed by atoms with E-state index in [0.717, 1.165) is 34.8 Å². The van der Waals surface area contributed by atoms with Gasteiger partial charge >= 0.3 is 0 Å². The minimum absolute atomic E-state index is 0.314. The second-order valence-corrected chi connectivity index (χ2v) is 8.87. The standard InChI is InChI=1S/C25H28OS2/c1-3-8-21-15-22(20-13-11-18(4-2)12-14-20)16-23(26)24(21)25(27)28-17-19-9-6-5-7-10-19/h5-14,22,26H,3-4,15-17H2,1-2H3/b21-8+. The van der Waals surface area contributed by atoms with Gasteiger partial charge in [0.1, 0.15) is 5.76 Å². The highest BCUT2D eigenvalue weighted by Crippen LogP contribution is 2.41. The Bertz CT molecular complexity index is 863. The Hall–Kier alpha value is -1.84. The lowest BCUT2D eigenvalue weighted by Crippen LogP contribution is -2.15. The van der Waals surface area contributed by atoms with E-state index in [1.54, 1.807) is 11.8 Å². The molecule has 3 heteroatoms. The summed E-state index contributed by atoms with van der Waals surface area (Å²) in [6, 6.07) is 19.2. The zero-order valence-corrected chi connectivity index (χ0v) is 18.3. The summed E-state index contributed by atoms with van der Waals surface area (Å²) in [5.74, 6) is 1.59. The molecule has 2 aromatic carbocycles. The van der Waals surface area contributed by atoms with E-state index in [1.165, 1.54) is 22.3 Å². The first kappa shape index (κ1) is 20.9. The molecule has 1 atom stereocenters. The summed E-state index contributed by atoms with van der Waals surface area (Å²) < 4.78 is 0.806. The fourth-order valence-corrected chi connectivity index (χ4v) is 5.01. The van der Waals surface area contributed by atoms with Gasteiger partial charge in [0.25, 0.3) is 0 Å². The Balaban J connectivity index is 1.79. The zero-order chi connectivity index (χ0) is 19.9. The van der Waals surface area contributed by atoms with Crippen molar-refractivity contribution in [3.63, 3.8) is 0 Å². The van der Waals surface area contributed by atoms with Crippen LogP contribution in [0.3, 0.4) is 0 Å². The number of allylic oxidation sites excluding steroid dienone is 3. The predicted octanol–water partition coefficient (Wildman–Crippen LogP) is 7.54. The van der Waals surface area contributed by atoms with Gasteiger partial charge in [0, 0.05) is 17.7 Å². The van der Waals surface area contributed by atoms with Crippen molar-refractivity contribution in [2.24, 2.45) is 0 Å². The first-order valence-corrected chi connectivity index (χ1v) is 11.4. The van der Waals surface area contributed by atoms with E-state index in [0.29, 0.717) is 18.1 Å². The highest BCUT2D eigenvalue weighted by atomic mass is 32.2. The lowest BCUT2D eigenvalue weighted by Gasteiger charge is -2.28. The van der Waals surface area contributed by atoms with E-state index in [2.05, 4.69) is 56.3 Å². The molecular formula is C25H28OS2. The largest absolute Gasteiger partial charge is 0.512 e. The number of benzene rings is 2. The molecule has 1 unspecified atom stereocenters. The molecule has 0 amide bonds. The molecule has 0 radical (unpaired) electrons. The molecule has 0 aromatic heterocycles. The normalized spacial score (nSPS) is 18.5. The Morgan fingerprint density at radius 1 is 1.04 bits per heavy atom. The molecule has 1 aliphatic carbocycles. The number of hydrogen-bond acceptors (Lipinski definition) is 3. The topological polar surface area (TPSA) is 20.2 Å². The smallest absolute Gasteiger partial charge is 0.102 e. The van der Waals surface area contributed by atoms with Gasteiger partial charge in [0.15, 0.2) is 0 Å². The Kier molecular flexibility index (Phi) is 7.52. The number of rotatable bonds is 6.